The van der Waals surface area contributed by atoms with E-state index in [-0.39, 0.29) is 6.10 Å². The Kier molecular flexibility index (Phi) is 5.65. The summed E-state index contributed by atoms with van der Waals surface area (Å²) < 4.78 is 11.7. The van der Waals surface area contributed by atoms with Gasteiger partial charge in [0.15, 0.2) is 0 Å². The molecule has 0 radical (unpaired) electrons. The van der Waals surface area contributed by atoms with Crippen LogP contribution >= 0.6 is 0 Å². The van der Waals surface area contributed by atoms with Gasteiger partial charge in [-0.05, 0) is 12.0 Å². The number of benzene rings is 1. The molecule has 3 nitrogen and oxygen atoms in total. The van der Waals surface area contributed by atoms with E-state index in [4.69, 9.17) is 9.47 Å². The standard InChI is InChI=1S/C15H23NO2/c1-2-6-14-9-16-10-15(18-14)12-17-11-13-7-4-3-5-8-13/h3-5,7-8,14-16H,2,6,9-12H2,1H3. The average molecular weight is 249 g/mol. The number of rotatable bonds is 6. The number of hydrogen-bond donors (Lipinski definition) is 1. The van der Waals surface area contributed by atoms with Gasteiger partial charge < -0.3 is 14.8 Å². The maximum absolute atomic E-state index is 5.98. The Morgan fingerprint density at radius 1 is 1.22 bits per heavy atom. The van der Waals surface area contributed by atoms with Crippen molar-refractivity contribution in [2.24, 2.45) is 0 Å². The molecule has 1 aromatic carbocycles. The van der Waals surface area contributed by atoms with Crippen molar-refractivity contribution in [2.45, 2.75) is 38.6 Å². The summed E-state index contributed by atoms with van der Waals surface area (Å²) in [5, 5.41) is 3.41. The smallest absolute Gasteiger partial charge is 0.0937 e. The lowest BCUT2D eigenvalue weighted by molar-refractivity contribution is -0.0808. The third-order valence-electron chi connectivity index (χ3n) is 3.15. The number of ether oxygens (including phenoxy) is 2. The van der Waals surface area contributed by atoms with Gasteiger partial charge in [0, 0.05) is 13.1 Å². The molecule has 0 amide bonds. The zero-order chi connectivity index (χ0) is 12.6. The first-order chi connectivity index (χ1) is 8.88. The molecule has 0 aliphatic carbocycles. The van der Waals surface area contributed by atoms with Crippen molar-refractivity contribution >= 4 is 0 Å². The van der Waals surface area contributed by atoms with E-state index in [0.717, 1.165) is 19.5 Å². The second-order valence-electron chi connectivity index (χ2n) is 4.83. The van der Waals surface area contributed by atoms with E-state index in [0.29, 0.717) is 19.3 Å². The maximum Gasteiger partial charge on any atom is 0.0937 e. The van der Waals surface area contributed by atoms with Crippen LogP contribution in [0.25, 0.3) is 0 Å². The van der Waals surface area contributed by atoms with Crippen LogP contribution in [0.4, 0.5) is 0 Å². The van der Waals surface area contributed by atoms with Crippen molar-refractivity contribution < 1.29 is 9.47 Å². The van der Waals surface area contributed by atoms with Crippen molar-refractivity contribution in [3.8, 4) is 0 Å². The molecule has 18 heavy (non-hydrogen) atoms. The van der Waals surface area contributed by atoms with Gasteiger partial charge in [-0.25, -0.2) is 0 Å². The second-order valence-corrected chi connectivity index (χ2v) is 4.83. The van der Waals surface area contributed by atoms with E-state index in [1.54, 1.807) is 0 Å². The molecule has 1 heterocycles. The highest BCUT2D eigenvalue weighted by Crippen LogP contribution is 2.10. The highest BCUT2D eigenvalue weighted by molar-refractivity contribution is 5.13. The SMILES string of the molecule is CCCC1CNCC(COCc2ccccc2)O1. The van der Waals surface area contributed by atoms with Crippen LogP contribution in [0.15, 0.2) is 30.3 Å². The molecule has 2 rings (SSSR count). The summed E-state index contributed by atoms with van der Waals surface area (Å²) in [4.78, 5) is 0. The molecule has 1 aliphatic heterocycles. The van der Waals surface area contributed by atoms with E-state index < -0.39 is 0 Å². The van der Waals surface area contributed by atoms with Crippen LogP contribution in [0.2, 0.25) is 0 Å². The van der Waals surface area contributed by atoms with Gasteiger partial charge in [-0.3, -0.25) is 0 Å². The summed E-state index contributed by atoms with van der Waals surface area (Å²) in [6.07, 6.45) is 2.85. The monoisotopic (exact) mass is 249 g/mol. The Morgan fingerprint density at radius 2 is 2.00 bits per heavy atom. The maximum atomic E-state index is 5.98. The molecule has 1 saturated heterocycles. The predicted octanol–water partition coefficient (Wildman–Crippen LogP) is 2.36. The molecule has 0 saturated carbocycles. The molecular formula is C15H23NO2. The first-order valence-electron chi connectivity index (χ1n) is 6.86. The minimum atomic E-state index is 0.194. The van der Waals surface area contributed by atoms with Gasteiger partial charge in [0.05, 0.1) is 25.4 Å². The number of nitrogens with one attached hydrogen (secondary N) is 1. The lowest BCUT2D eigenvalue weighted by atomic mass is 10.1. The van der Waals surface area contributed by atoms with Crippen molar-refractivity contribution in [1.29, 1.82) is 0 Å². The molecule has 2 atom stereocenters. The predicted molar refractivity (Wildman–Crippen MR) is 72.5 cm³/mol. The summed E-state index contributed by atoms with van der Waals surface area (Å²) in [6, 6.07) is 10.3. The fourth-order valence-corrected chi connectivity index (χ4v) is 2.25. The largest absolute Gasteiger partial charge is 0.374 e. The summed E-state index contributed by atoms with van der Waals surface area (Å²) in [6.45, 7) is 5.40. The highest BCUT2D eigenvalue weighted by Gasteiger charge is 2.21. The Bertz CT molecular complexity index is 327. The zero-order valence-corrected chi connectivity index (χ0v) is 11.1. The molecule has 100 valence electrons. The number of morpholine rings is 1. The first-order valence-corrected chi connectivity index (χ1v) is 6.86. The van der Waals surface area contributed by atoms with Crippen LogP contribution in [0.3, 0.4) is 0 Å². The quantitative estimate of drug-likeness (QED) is 0.839. The zero-order valence-electron chi connectivity index (χ0n) is 11.1. The van der Waals surface area contributed by atoms with Crippen molar-refractivity contribution in [2.75, 3.05) is 19.7 Å². The topological polar surface area (TPSA) is 30.5 Å². The third-order valence-corrected chi connectivity index (χ3v) is 3.15. The van der Waals surface area contributed by atoms with E-state index >= 15 is 0 Å². The Morgan fingerprint density at radius 3 is 2.78 bits per heavy atom. The molecule has 2 unspecified atom stereocenters. The molecule has 3 heteroatoms. The van der Waals surface area contributed by atoms with Crippen LogP contribution in [-0.4, -0.2) is 31.9 Å². The fourth-order valence-electron chi connectivity index (χ4n) is 2.25. The summed E-state index contributed by atoms with van der Waals surface area (Å²) >= 11 is 0. The molecule has 1 aromatic rings. The van der Waals surface area contributed by atoms with Crippen LogP contribution in [0, 0.1) is 0 Å². The van der Waals surface area contributed by atoms with Gasteiger partial charge in [0.2, 0.25) is 0 Å². The van der Waals surface area contributed by atoms with Crippen molar-refractivity contribution in [3.05, 3.63) is 35.9 Å². The van der Waals surface area contributed by atoms with Crippen LogP contribution in [-0.2, 0) is 16.1 Å². The van der Waals surface area contributed by atoms with Crippen LogP contribution in [0.1, 0.15) is 25.3 Å². The average Bonchev–Trinajstić information content (AvgIpc) is 2.41. The number of hydrogen-bond acceptors (Lipinski definition) is 3. The van der Waals surface area contributed by atoms with Gasteiger partial charge in [-0.1, -0.05) is 43.7 Å². The minimum absolute atomic E-state index is 0.194. The molecular weight excluding hydrogens is 226 g/mol. The van der Waals surface area contributed by atoms with Gasteiger partial charge in [-0.2, -0.15) is 0 Å². The van der Waals surface area contributed by atoms with Gasteiger partial charge >= 0.3 is 0 Å². The van der Waals surface area contributed by atoms with Gasteiger partial charge in [0.1, 0.15) is 0 Å². The molecule has 0 bridgehead atoms. The fraction of sp³-hybridized carbons (Fsp3) is 0.600. The summed E-state index contributed by atoms with van der Waals surface area (Å²) in [5.41, 5.74) is 1.21. The van der Waals surface area contributed by atoms with Crippen molar-refractivity contribution in [3.63, 3.8) is 0 Å². The second kappa shape index (κ2) is 7.52. The third kappa shape index (κ3) is 4.41. The first kappa shape index (κ1) is 13.5. The van der Waals surface area contributed by atoms with Gasteiger partial charge in [-0.15, -0.1) is 0 Å². The lowest BCUT2D eigenvalue weighted by Gasteiger charge is -2.30. The molecule has 1 fully saturated rings. The van der Waals surface area contributed by atoms with E-state index in [1.165, 1.54) is 12.0 Å². The van der Waals surface area contributed by atoms with E-state index in [1.807, 2.05) is 18.2 Å². The lowest BCUT2D eigenvalue weighted by Crippen LogP contribution is -2.46. The van der Waals surface area contributed by atoms with Crippen molar-refractivity contribution in [1.82, 2.24) is 5.32 Å². The Hall–Kier alpha value is -0.900. The van der Waals surface area contributed by atoms with Crippen LogP contribution in [0.5, 0.6) is 0 Å². The molecule has 1 aliphatic rings. The Labute approximate surface area is 109 Å². The summed E-state index contributed by atoms with van der Waals surface area (Å²) in [5.74, 6) is 0. The molecule has 1 N–H and O–H groups in total. The molecule has 0 spiro atoms. The minimum Gasteiger partial charge on any atom is -0.374 e. The highest BCUT2D eigenvalue weighted by atomic mass is 16.5. The summed E-state index contributed by atoms with van der Waals surface area (Å²) in [7, 11) is 0. The molecule has 0 aromatic heterocycles. The van der Waals surface area contributed by atoms with Gasteiger partial charge in [0.25, 0.3) is 0 Å². The van der Waals surface area contributed by atoms with E-state index in [9.17, 15) is 0 Å². The van der Waals surface area contributed by atoms with Crippen LogP contribution < -0.4 is 5.32 Å². The Balaban J connectivity index is 1.67. The normalized spacial score (nSPS) is 24.1. The van der Waals surface area contributed by atoms with E-state index in [2.05, 4.69) is 24.4 Å².